The highest BCUT2D eigenvalue weighted by atomic mass is 16.6. The number of non-ortho nitro benzene ring substituents is 1. The summed E-state index contributed by atoms with van der Waals surface area (Å²) in [5.74, 6) is 0.536. The lowest BCUT2D eigenvalue weighted by Gasteiger charge is -2.07. The van der Waals surface area contributed by atoms with Gasteiger partial charge in [-0.25, -0.2) is 4.68 Å². The van der Waals surface area contributed by atoms with Crippen LogP contribution in [0.25, 0.3) is 5.69 Å². The quantitative estimate of drug-likeness (QED) is 0.582. The molecule has 0 radical (unpaired) electrons. The van der Waals surface area contributed by atoms with Gasteiger partial charge in [0.05, 0.1) is 12.0 Å². The van der Waals surface area contributed by atoms with E-state index in [9.17, 15) is 10.1 Å². The van der Waals surface area contributed by atoms with Gasteiger partial charge in [0.25, 0.3) is 5.69 Å². The SMILES string of the molecule is COc1ccc([N+](=O)[O-])cc1-n1cccn1. The minimum Gasteiger partial charge on any atom is -0.494 e. The Morgan fingerprint density at radius 2 is 2.31 bits per heavy atom. The fourth-order valence-electron chi connectivity index (χ4n) is 1.38. The molecule has 0 aliphatic carbocycles. The van der Waals surface area contributed by atoms with Gasteiger partial charge in [-0.3, -0.25) is 10.1 Å². The molecule has 0 aliphatic heterocycles. The van der Waals surface area contributed by atoms with Gasteiger partial charge in [-0.15, -0.1) is 0 Å². The molecule has 1 aromatic carbocycles. The summed E-state index contributed by atoms with van der Waals surface area (Å²) in [5, 5.41) is 14.7. The lowest BCUT2D eigenvalue weighted by Crippen LogP contribution is -1.99. The largest absolute Gasteiger partial charge is 0.494 e. The third-order valence-electron chi connectivity index (χ3n) is 2.12. The zero-order valence-electron chi connectivity index (χ0n) is 8.53. The van der Waals surface area contributed by atoms with Crippen LogP contribution in [0.15, 0.2) is 36.7 Å². The summed E-state index contributed by atoms with van der Waals surface area (Å²) < 4.78 is 6.64. The van der Waals surface area contributed by atoms with Crippen molar-refractivity contribution in [1.82, 2.24) is 9.78 Å². The maximum atomic E-state index is 10.7. The van der Waals surface area contributed by atoms with Crippen molar-refractivity contribution in [1.29, 1.82) is 0 Å². The minimum absolute atomic E-state index is 0.00583. The monoisotopic (exact) mass is 219 g/mol. The van der Waals surface area contributed by atoms with Crippen LogP contribution in [0.4, 0.5) is 5.69 Å². The second-order valence-electron chi connectivity index (χ2n) is 3.06. The maximum absolute atomic E-state index is 10.7. The van der Waals surface area contributed by atoms with Gasteiger partial charge in [-0.2, -0.15) is 5.10 Å². The van der Waals surface area contributed by atoms with Crippen LogP contribution in [-0.4, -0.2) is 21.8 Å². The van der Waals surface area contributed by atoms with E-state index in [0.29, 0.717) is 11.4 Å². The van der Waals surface area contributed by atoms with Crippen LogP contribution < -0.4 is 4.74 Å². The number of nitrogens with zero attached hydrogens (tertiary/aromatic N) is 3. The van der Waals surface area contributed by atoms with Gasteiger partial charge >= 0.3 is 0 Å². The summed E-state index contributed by atoms with van der Waals surface area (Å²) in [6.45, 7) is 0. The van der Waals surface area contributed by atoms with E-state index in [2.05, 4.69) is 5.10 Å². The number of benzene rings is 1. The smallest absolute Gasteiger partial charge is 0.271 e. The standard InChI is InChI=1S/C10H9N3O3/c1-16-10-4-3-8(13(14)15)7-9(10)12-6-2-5-11-12/h2-7H,1H3. The van der Waals surface area contributed by atoms with E-state index < -0.39 is 4.92 Å². The van der Waals surface area contributed by atoms with Crippen molar-refractivity contribution < 1.29 is 9.66 Å². The van der Waals surface area contributed by atoms with Gasteiger partial charge in [0, 0.05) is 24.5 Å². The molecule has 1 aromatic heterocycles. The fraction of sp³-hybridized carbons (Fsp3) is 0.100. The lowest BCUT2D eigenvalue weighted by atomic mass is 10.2. The molecule has 82 valence electrons. The minimum atomic E-state index is -0.452. The first-order chi connectivity index (χ1) is 7.72. The number of nitro groups is 1. The van der Waals surface area contributed by atoms with Crippen LogP contribution in [0, 0.1) is 10.1 Å². The Morgan fingerprint density at radius 1 is 1.50 bits per heavy atom. The van der Waals surface area contributed by atoms with Gasteiger partial charge in [0.1, 0.15) is 11.4 Å². The Hall–Kier alpha value is -2.37. The van der Waals surface area contributed by atoms with Crippen molar-refractivity contribution in [3.05, 3.63) is 46.8 Å². The second-order valence-corrected chi connectivity index (χ2v) is 3.06. The van der Waals surface area contributed by atoms with Crippen molar-refractivity contribution in [3.8, 4) is 11.4 Å². The fourth-order valence-corrected chi connectivity index (χ4v) is 1.38. The first-order valence-corrected chi connectivity index (χ1v) is 4.55. The molecule has 0 amide bonds. The van der Waals surface area contributed by atoms with E-state index in [4.69, 9.17) is 4.74 Å². The third-order valence-corrected chi connectivity index (χ3v) is 2.12. The van der Waals surface area contributed by atoms with E-state index in [-0.39, 0.29) is 5.69 Å². The highest BCUT2D eigenvalue weighted by molar-refractivity contribution is 5.53. The molecule has 0 spiro atoms. The van der Waals surface area contributed by atoms with Crippen LogP contribution in [0.2, 0.25) is 0 Å². The lowest BCUT2D eigenvalue weighted by molar-refractivity contribution is -0.384. The highest BCUT2D eigenvalue weighted by Crippen LogP contribution is 2.26. The summed E-state index contributed by atoms with van der Waals surface area (Å²) in [4.78, 5) is 10.2. The average molecular weight is 219 g/mol. The summed E-state index contributed by atoms with van der Waals surface area (Å²) in [6.07, 6.45) is 3.29. The Labute approximate surface area is 91.2 Å². The molecule has 6 heteroatoms. The zero-order valence-corrected chi connectivity index (χ0v) is 8.53. The molecule has 2 rings (SSSR count). The molecule has 0 aliphatic rings. The predicted molar refractivity (Wildman–Crippen MR) is 56.8 cm³/mol. The molecule has 1 heterocycles. The third kappa shape index (κ3) is 1.72. The van der Waals surface area contributed by atoms with Crippen molar-refractivity contribution in [2.45, 2.75) is 0 Å². The number of rotatable bonds is 3. The highest BCUT2D eigenvalue weighted by Gasteiger charge is 2.12. The molecule has 2 aromatic rings. The molecule has 0 atom stereocenters. The van der Waals surface area contributed by atoms with Crippen LogP contribution in [-0.2, 0) is 0 Å². The Balaban J connectivity index is 2.56. The van der Waals surface area contributed by atoms with Crippen molar-refractivity contribution in [3.63, 3.8) is 0 Å². The molecule has 0 bridgehead atoms. The van der Waals surface area contributed by atoms with Gasteiger partial charge in [0.15, 0.2) is 0 Å². The molecular formula is C10H9N3O3. The Kier molecular flexibility index (Phi) is 2.55. The van der Waals surface area contributed by atoms with Gasteiger partial charge in [0.2, 0.25) is 0 Å². The number of ether oxygens (including phenoxy) is 1. The summed E-state index contributed by atoms with van der Waals surface area (Å²) in [5.41, 5.74) is 0.549. The topological polar surface area (TPSA) is 70.2 Å². The molecule has 0 saturated heterocycles. The van der Waals surface area contributed by atoms with Crippen LogP contribution >= 0.6 is 0 Å². The van der Waals surface area contributed by atoms with E-state index in [1.54, 1.807) is 24.5 Å². The summed E-state index contributed by atoms with van der Waals surface area (Å²) in [6, 6.07) is 6.10. The van der Waals surface area contributed by atoms with E-state index in [1.807, 2.05) is 0 Å². The molecule has 16 heavy (non-hydrogen) atoms. The normalized spacial score (nSPS) is 10.1. The Morgan fingerprint density at radius 3 is 2.88 bits per heavy atom. The molecule has 6 nitrogen and oxygen atoms in total. The van der Waals surface area contributed by atoms with Crippen molar-refractivity contribution >= 4 is 5.69 Å². The molecule has 0 unspecified atom stereocenters. The van der Waals surface area contributed by atoms with Gasteiger partial charge in [-0.1, -0.05) is 0 Å². The van der Waals surface area contributed by atoms with Gasteiger partial charge < -0.3 is 4.74 Å². The van der Waals surface area contributed by atoms with Gasteiger partial charge in [-0.05, 0) is 12.1 Å². The zero-order chi connectivity index (χ0) is 11.5. The summed E-state index contributed by atoms with van der Waals surface area (Å²) in [7, 11) is 1.51. The molecular weight excluding hydrogens is 210 g/mol. The number of hydrogen-bond acceptors (Lipinski definition) is 4. The average Bonchev–Trinajstić information content (AvgIpc) is 2.81. The molecule has 0 saturated carbocycles. The predicted octanol–water partition coefficient (Wildman–Crippen LogP) is 1.79. The molecule has 0 N–H and O–H groups in total. The van der Waals surface area contributed by atoms with E-state index >= 15 is 0 Å². The molecule has 0 fully saturated rings. The first kappa shape index (κ1) is 10.2. The number of hydrogen-bond donors (Lipinski definition) is 0. The van der Waals surface area contributed by atoms with E-state index in [0.717, 1.165) is 0 Å². The first-order valence-electron chi connectivity index (χ1n) is 4.55. The number of methoxy groups -OCH3 is 1. The van der Waals surface area contributed by atoms with Crippen LogP contribution in [0.3, 0.4) is 0 Å². The van der Waals surface area contributed by atoms with Crippen molar-refractivity contribution in [2.24, 2.45) is 0 Å². The van der Waals surface area contributed by atoms with Crippen molar-refractivity contribution in [2.75, 3.05) is 7.11 Å². The maximum Gasteiger partial charge on any atom is 0.271 e. The number of aromatic nitrogens is 2. The Bertz CT molecular complexity index is 508. The van der Waals surface area contributed by atoms with Crippen LogP contribution in [0.1, 0.15) is 0 Å². The number of nitro benzene ring substituents is 1. The van der Waals surface area contributed by atoms with E-state index in [1.165, 1.54) is 23.9 Å². The van der Waals surface area contributed by atoms with Crippen LogP contribution in [0.5, 0.6) is 5.75 Å². The second kappa shape index (κ2) is 4.01. The summed E-state index contributed by atoms with van der Waals surface area (Å²) >= 11 is 0.